The first kappa shape index (κ1) is 15.5. The molecular formula is C17H23FN2O. The number of carbonyl (C=O) groups is 1. The summed E-state index contributed by atoms with van der Waals surface area (Å²) in [4.78, 5) is 14.2. The Kier molecular flexibility index (Phi) is 5.78. The van der Waals surface area contributed by atoms with Gasteiger partial charge in [-0.1, -0.05) is 31.1 Å². The Hall–Kier alpha value is -1.84. The number of benzene rings is 1. The monoisotopic (exact) mass is 290 g/mol. The van der Waals surface area contributed by atoms with Gasteiger partial charge in [-0.2, -0.15) is 0 Å². The number of hydrogen-bond donors (Lipinski definition) is 1. The summed E-state index contributed by atoms with van der Waals surface area (Å²) in [5.41, 5.74) is 1.02. The summed E-state index contributed by atoms with van der Waals surface area (Å²) in [7, 11) is 0. The molecule has 1 aliphatic carbocycles. The maximum atomic E-state index is 12.8. The van der Waals surface area contributed by atoms with Crippen molar-refractivity contribution in [1.29, 1.82) is 0 Å². The molecular weight excluding hydrogens is 267 g/mol. The van der Waals surface area contributed by atoms with Gasteiger partial charge in [0.05, 0.1) is 0 Å². The number of rotatable bonds is 6. The molecule has 0 bridgehead atoms. The van der Waals surface area contributed by atoms with Crippen molar-refractivity contribution in [2.75, 3.05) is 13.1 Å². The van der Waals surface area contributed by atoms with E-state index in [0.29, 0.717) is 25.6 Å². The number of carbonyl (C=O) groups excluding carboxylic acids is 1. The van der Waals surface area contributed by atoms with Crippen molar-refractivity contribution in [2.24, 2.45) is 0 Å². The van der Waals surface area contributed by atoms with Gasteiger partial charge >= 0.3 is 6.03 Å². The third-order valence-corrected chi connectivity index (χ3v) is 3.96. The van der Waals surface area contributed by atoms with E-state index in [0.717, 1.165) is 18.4 Å². The van der Waals surface area contributed by atoms with Gasteiger partial charge in [0.15, 0.2) is 0 Å². The van der Waals surface area contributed by atoms with Crippen molar-refractivity contribution in [2.45, 2.75) is 38.1 Å². The lowest BCUT2D eigenvalue weighted by atomic mass is 10.1. The predicted molar refractivity (Wildman–Crippen MR) is 82.7 cm³/mol. The van der Waals surface area contributed by atoms with E-state index in [4.69, 9.17) is 0 Å². The maximum absolute atomic E-state index is 12.8. The van der Waals surface area contributed by atoms with Crippen LogP contribution in [0.5, 0.6) is 0 Å². The minimum absolute atomic E-state index is 0.0242. The van der Waals surface area contributed by atoms with Crippen LogP contribution in [0.2, 0.25) is 0 Å². The average Bonchev–Trinajstić information content (AvgIpc) is 3.00. The Morgan fingerprint density at radius 1 is 1.33 bits per heavy atom. The largest absolute Gasteiger partial charge is 0.338 e. The van der Waals surface area contributed by atoms with Crippen LogP contribution in [0.3, 0.4) is 0 Å². The molecule has 21 heavy (non-hydrogen) atoms. The number of nitrogens with one attached hydrogen (secondary N) is 1. The van der Waals surface area contributed by atoms with E-state index in [-0.39, 0.29) is 11.8 Å². The van der Waals surface area contributed by atoms with Gasteiger partial charge in [0, 0.05) is 19.1 Å². The van der Waals surface area contributed by atoms with Crippen molar-refractivity contribution in [3.05, 3.63) is 48.3 Å². The Morgan fingerprint density at radius 3 is 2.62 bits per heavy atom. The minimum Gasteiger partial charge on any atom is -0.338 e. The Bertz CT molecular complexity index is 466. The van der Waals surface area contributed by atoms with Gasteiger partial charge < -0.3 is 10.2 Å². The first-order chi connectivity index (χ1) is 10.2. The Balaban J connectivity index is 1.81. The lowest BCUT2D eigenvalue weighted by Crippen LogP contribution is -2.45. The van der Waals surface area contributed by atoms with Gasteiger partial charge in [0.25, 0.3) is 0 Å². The van der Waals surface area contributed by atoms with Gasteiger partial charge in [-0.15, -0.1) is 6.58 Å². The summed E-state index contributed by atoms with van der Waals surface area (Å²) in [5, 5.41) is 2.95. The van der Waals surface area contributed by atoms with Crippen molar-refractivity contribution in [3.8, 4) is 0 Å². The topological polar surface area (TPSA) is 32.3 Å². The average molecular weight is 290 g/mol. The summed E-state index contributed by atoms with van der Waals surface area (Å²) in [5.74, 6) is -0.235. The normalized spacial score (nSPS) is 14.9. The molecule has 0 spiro atoms. The quantitative estimate of drug-likeness (QED) is 0.799. The highest BCUT2D eigenvalue weighted by molar-refractivity contribution is 5.74. The van der Waals surface area contributed by atoms with Gasteiger partial charge in [-0.25, -0.2) is 9.18 Å². The number of urea groups is 1. The number of hydrogen-bond acceptors (Lipinski definition) is 1. The van der Waals surface area contributed by atoms with Crippen LogP contribution < -0.4 is 5.32 Å². The molecule has 1 aromatic carbocycles. The van der Waals surface area contributed by atoms with Crippen LogP contribution in [0.15, 0.2) is 36.9 Å². The van der Waals surface area contributed by atoms with Crippen molar-refractivity contribution < 1.29 is 9.18 Å². The predicted octanol–water partition coefficient (Wildman–Crippen LogP) is 3.51. The zero-order chi connectivity index (χ0) is 15.1. The fourth-order valence-electron chi connectivity index (χ4n) is 2.82. The van der Waals surface area contributed by atoms with Crippen LogP contribution in [-0.4, -0.2) is 30.1 Å². The molecule has 1 saturated carbocycles. The molecule has 0 atom stereocenters. The molecule has 0 saturated heterocycles. The van der Waals surface area contributed by atoms with Crippen LogP contribution in [0.4, 0.5) is 9.18 Å². The Labute approximate surface area is 125 Å². The summed E-state index contributed by atoms with van der Waals surface area (Å²) in [6.07, 6.45) is 7.04. The van der Waals surface area contributed by atoms with E-state index in [9.17, 15) is 9.18 Å². The van der Waals surface area contributed by atoms with Crippen LogP contribution in [0, 0.1) is 5.82 Å². The van der Waals surface area contributed by atoms with Crippen molar-refractivity contribution in [1.82, 2.24) is 10.2 Å². The van der Waals surface area contributed by atoms with Crippen LogP contribution in [0.25, 0.3) is 0 Å². The van der Waals surface area contributed by atoms with E-state index in [1.807, 2.05) is 4.90 Å². The van der Waals surface area contributed by atoms with Gasteiger partial charge in [-0.3, -0.25) is 0 Å². The molecule has 1 aromatic rings. The SMILES string of the molecule is C=CCN(C(=O)NCCc1ccc(F)cc1)C1CCCC1. The molecule has 2 rings (SSSR count). The second-order valence-corrected chi connectivity index (χ2v) is 5.49. The van der Waals surface area contributed by atoms with Crippen LogP contribution in [-0.2, 0) is 6.42 Å². The zero-order valence-electron chi connectivity index (χ0n) is 12.4. The molecule has 0 unspecified atom stereocenters. The third kappa shape index (κ3) is 4.59. The zero-order valence-corrected chi connectivity index (χ0v) is 12.4. The van der Waals surface area contributed by atoms with E-state index in [1.165, 1.54) is 25.0 Å². The summed E-state index contributed by atoms with van der Waals surface area (Å²) in [6, 6.07) is 6.71. The van der Waals surface area contributed by atoms with Gasteiger partial charge in [0.2, 0.25) is 0 Å². The van der Waals surface area contributed by atoms with E-state index >= 15 is 0 Å². The molecule has 0 aliphatic heterocycles. The van der Waals surface area contributed by atoms with Gasteiger partial charge in [0.1, 0.15) is 5.82 Å². The highest BCUT2D eigenvalue weighted by Crippen LogP contribution is 2.23. The first-order valence-corrected chi connectivity index (χ1v) is 7.60. The fourth-order valence-corrected chi connectivity index (χ4v) is 2.82. The maximum Gasteiger partial charge on any atom is 0.317 e. The minimum atomic E-state index is -0.235. The van der Waals surface area contributed by atoms with E-state index in [2.05, 4.69) is 11.9 Å². The number of nitrogens with zero attached hydrogens (tertiary/aromatic N) is 1. The molecule has 1 N–H and O–H groups in total. The molecule has 1 fully saturated rings. The lowest BCUT2D eigenvalue weighted by molar-refractivity contribution is 0.183. The second kappa shape index (κ2) is 7.81. The number of halogens is 1. The summed E-state index contributed by atoms with van der Waals surface area (Å²) >= 11 is 0. The van der Waals surface area contributed by atoms with E-state index < -0.39 is 0 Å². The number of amides is 2. The van der Waals surface area contributed by atoms with E-state index in [1.54, 1.807) is 18.2 Å². The molecule has 4 heteroatoms. The first-order valence-electron chi connectivity index (χ1n) is 7.60. The third-order valence-electron chi connectivity index (χ3n) is 3.96. The molecule has 0 aromatic heterocycles. The van der Waals surface area contributed by atoms with Crippen LogP contribution >= 0.6 is 0 Å². The van der Waals surface area contributed by atoms with Crippen molar-refractivity contribution in [3.63, 3.8) is 0 Å². The Morgan fingerprint density at radius 2 is 2.00 bits per heavy atom. The molecule has 1 aliphatic rings. The molecule has 0 heterocycles. The molecule has 0 radical (unpaired) electrons. The summed E-state index contributed by atoms with van der Waals surface area (Å²) in [6.45, 7) is 4.88. The lowest BCUT2D eigenvalue weighted by Gasteiger charge is -2.28. The molecule has 2 amide bonds. The second-order valence-electron chi connectivity index (χ2n) is 5.49. The van der Waals surface area contributed by atoms with Crippen molar-refractivity contribution >= 4 is 6.03 Å². The van der Waals surface area contributed by atoms with Crippen LogP contribution in [0.1, 0.15) is 31.2 Å². The molecule has 3 nitrogen and oxygen atoms in total. The molecule has 114 valence electrons. The highest BCUT2D eigenvalue weighted by atomic mass is 19.1. The smallest absolute Gasteiger partial charge is 0.317 e. The summed E-state index contributed by atoms with van der Waals surface area (Å²) < 4.78 is 12.8. The standard InChI is InChI=1S/C17H23FN2O/c1-2-13-20(16-5-3-4-6-16)17(21)19-12-11-14-7-9-15(18)10-8-14/h2,7-10,16H,1,3-6,11-13H2,(H,19,21). The van der Waals surface area contributed by atoms with Gasteiger partial charge in [-0.05, 0) is 37.0 Å². The fraction of sp³-hybridized carbons (Fsp3) is 0.471. The highest BCUT2D eigenvalue weighted by Gasteiger charge is 2.25.